The van der Waals surface area contributed by atoms with Crippen LogP contribution in [-0.2, 0) is 11.3 Å². The van der Waals surface area contributed by atoms with Crippen molar-refractivity contribution in [1.29, 1.82) is 0 Å². The number of aromatic nitrogens is 2. The average molecular weight is 472 g/mol. The fraction of sp³-hybridized carbons (Fsp3) is 0.310. The van der Waals surface area contributed by atoms with Gasteiger partial charge in [-0.15, -0.1) is 0 Å². The molecule has 1 N–H and O–H groups in total. The predicted octanol–water partition coefficient (Wildman–Crippen LogP) is 5.77. The number of para-hydroxylation sites is 3. The maximum absolute atomic E-state index is 12.5. The molecule has 3 aromatic carbocycles. The zero-order valence-corrected chi connectivity index (χ0v) is 20.7. The number of ether oxygens (including phenoxy) is 2. The first-order chi connectivity index (χ1) is 17.0. The Hall–Kier alpha value is -3.80. The maximum Gasteiger partial charge on any atom is 0.258 e. The van der Waals surface area contributed by atoms with Crippen LogP contribution >= 0.6 is 0 Å². The second kappa shape index (κ2) is 11.6. The molecule has 6 heteroatoms. The molecule has 0 saturated carbocycles. The summed E-state index contributed by atoms with van der Waals surface area (Å²) in [5, 5.41) is 3.03. The minimum atomic E-state index is -0.249. The Kier molecular flexibility index (Phi) is 8.03. The van der Waals surface area contributed by atoms with Gasteiger partial charge in [-0.2, -0.15) is 0 Å². The lowest BCUT2D eigenvalue weighted by molar-refractivity contribution is -0.123. The van der Waals surface area contributed by atoms with E-state index in [9.17, 15) is 4.79 Å². The lowest BCUT2D eigenvalue weighted by Gasteiger charge is -2.17. The van der Waals surface area contributed by atoms with Gasteiger partial charge < -0.3 is 19.4 Å². The number of carbonyl (C=O) groups is 1. The monoisotopic (exact) mass is 471 g/mol. The first-order valence-electron chi connectivity index (χ1n) is 12.1. The van der Waals surface area contributed by atoms with Crippen molar-refractivity contribution in [3.63, 3.8) is 0 Å². The second-order valence-electron chi connectivity index (χ2n) is 8.88. The number of rotatable bonds is 11. The van der Waals surface area contributed by atoms with Crippen molar-refractivity contribution in [3.8, 4) is 11.5 Å². The molecule has 0 spiro atoms. The Morgan fingerprint density at radius 2 is 1.63 bits per heavy atom. The highest BCUT2D eigenvalue weighted by Gasteiger charge is 2.18. The summed E-state index contributed by atoms with van der Waals surface area (Å²) in [4.78, 5) is 17.3. The summed E-state index contributed by atoms with van der Waals surface area (Å²) in [6.07, 6.45) is 1.86. The highest BCUT2D eigenvalue weighted by atomic mass is 16.5. The van der Waals surface area contributed by atoms with E-state index in [0.717, 1.165) is 42.0 Å². The molecule has 0 aliphatic rings. The second-order valence-corrected chi connectivity index (χ2v) is 8.88. The molecule has 0 radical (unpaired) electrons. The standard InChI is InChI=1S/C29H33N3O3/c1-21-17-22(2)19-25(18-21)34-16-10-9-15-32-27-14-8-7-13-26(27)31-29(32)23(3)30-28(33)20-35-24-11-5-4-6-12-24/h4-8,11-14,17-19,23H,9-10,15-16,20H2,1-3H3,(H,30,33). The van der Waals surface area contributed by atoms with E-state index in [1.165, 1.54) is 11.1 Å². The summed E-state index contributed by atoms with van der Waals surface area (Å²) in [7, 11) is 0. The minimum Gasteiger partial charge on any atom is -0.494 e. The van der Waals surface area contributed by atoms with E-state index in [4.69, 9.17) is 14.5 Å². The number of unbranched alkanes of at least 4 members (excludes halogenated alkanes) is 1. The molecule has 0 aliphatic carbocycles. The predicted molar refractivity (Wildman–Crippen MR) is 139 cm³/mol. The smallest absolute Gasteiger partial charge is 0.258 e. The fourth-order valence-electron chi connectivity index (χ4n) is 4.25. The van der Waals surface area contributed by atoms with Crippen LogP contribution in [0, 0.1) is 13.8 Å². The van der Waals surface area contributed by atoms with Gasteiger partial charge >= 0.3 is 0 Å². The summed E-state index contributed by atoms with van der Waals surface area (Å²) >= 11 is 0. The van der Waals surface area contributed by atoms with Crippen molar-refractivity contribution in [1.82, 2.24) is 14.9 Å². The fourth-order valence-corrected chi connectivity index (χ4v) is 4.25. The van der Waals surface area contributed by atoms with E-state index in [1.807, 2.05) is 55.5 Å². The van der Waals surface area contributed by atoms with Crippen LogP contribution in [0.3, 0.4) is 0 Å². The quantitative estimate of drug-likeness (QED) is 0.282. The molecule has 4 aromatic rings. The summed E-state index contributed by atoms with van der Waals surface area (Å²) < 4.78 is 13.8. The molecule has 1 heterocycles. The molecule has 1 aromatic heterocycles. The van der Waals surface area contributed by atoms with E-state index in [2.05, 4.69) is 48.0 Å². The molecule has 6 nitrogen and oxygen atoms in total. The normalized spacial score (nSPS) is 11.9. The molecule has 0 fully saturated rings. The maximum atomic E-state index is 12.5. The van der Waals surface area contributed by atoms with Crippen molar-refractivity contribution in [2.45, 2.75) is 46.2 Å². The molecular weight excluding hydrogens is 438 g/mol. The van der Waals surface area contributed by atoms with Crippen LogP contribution in [-0.4, -0.2) is 28.7 Å². The SMILES string of the molecule is Cc1cc(C)cc(OCCCCn2c(C(C)NC(=O)COc3ccccc3)nc3ccccc32)c1. The van der Waals surface area contributed by atoms with Gasteiger partial charge in [0.05, 0.1) is 23.7 Å². The van der Waals surface area contributed by atoms with Crippen molar-refractivity contribution >= 4 is 16.9 Å². The number of hydrogen-bond acceptors (Lipinski definition) is 4. The lowest BCUT2D eigenvalue weighted by atomic mass is 10.1. The highest BCUT2D eigenvalue weighted by Crippen LogP contribution is 2.22. The Bertz CT molecular complexity index is 1250. The molecule has 0 bridgehead atoms. The Morgan fingerprint density at radius 1 is 0.914 bits per heavy atom. The van der Waals surface area contributed by atoms with Gasteiger partial charge in [0, 0.05) is 6.54 Å². The molecule has 0 saturated heterocycles. The topological polar surface area (TPSA) is 65.4 Å². The lowest BCUT2D eigenvalue weighted by Crippen LogP contribution is -2.32. The molecule has 182 valence electrons. The van der Waals surface area contributed by atoms with Gasteiger partial charge in [0.15, 0.2) is 6.61 Å². The third-order valence-corrected chi connectivity index (χ3v) is 5.80. The van der Waals surface area contributed by atoms with Gasteiger partial charge in [0.2, 0.25) is 0 Å². The Balaban J connectivity index is 1.35. The van der Waals surface area contributed by atoms with Gasteiger partial charge in [0.25, 0.3) is 5.91 Å². The van der Waals surface area contributed by atoms with Crippen LogP contribution in [0.15, 0.2) is 72.8 Å². The molecule has 1 unspecified atom stereocenters. The molecular formula is C29H33N3O3. The number of benzene rings is 3. The number of fused-ring (bicyclic) bond motifs is 1. The third-order valence-electron chi connectivity index (χ3n) is 5.80. The van der Waals surface area contributed by atoms with Gasteiger partial charge in [0.1, 0.15) is 17.3 Å². The number of imidazole rings is 1. The summed E-state index contributed by atoms with van der Waals surface area (Å²) in [5.41, 5.74) is 4.41. The summed E-state index contributed by atoms with van der Waals surface area (Å²) in [6.45, 7) is 7.55. The molecule has 4 rings (SSSR count). The molecule has 35 heavy (non-hydrogen) atoms. The highest BCUT2D eigenvalue weighted by molar-refractivity contribution is 5.79. The van der Waals surface area contributed by atoms with E-state index in [-0.39, 0.29) is 18.6 Å². The van der Waals surface area contributed by atoms with Crippen LogP contribution in [0.25, 0.3) is 11.0 Å². The third kappa shape index (κ3) is 6.63. The van der Waals surface area contributed by atoms with Crippen LogP contribution < -0.4 is 14.8 Å². The minimum absolute atomic E-state index is 0.0373. The van der Waals surface area contributed by atoms with Crippen LogP contribution in [0.5, 0.6) is 11.5 Å². The number of nitrogens with one attached hydrogen (secondary N) is 1. The Morgan fingerprint density at radius 3 is 2.40 bits per heavy atom. The van der Waals surface area contributed by atoms with Crippen molar-refractivity contribution in [2.75, 3.05) is 13.2 Å². The molecule has 0 aliphatic heterocycles. The summed E-state index contributed by atoms with van der Waals surface area (Å²) in [5.74, 6) is 2.26. The van der Waals surface area contributed by atoms with Gasteiger partial charge in [-0.05, 0) is 81.1 Å². The number of aryl methyl sites for hydroxylation is 3. The van der Waals surface area contributed by atoms with Crippen LogP contribution in [0.1, 0.15) is 42.8 Å². The molecule has 1 amide bonds. The first kappa shape index (κ1) is 24.3. The van der Waals surface area contributed by atoms with E-state index >= 15 is 0 Å². The number of carbonyl (C=O) groups excluding carboxylic acids is 1. The Labute approximate surface area is 206 Å². The number of hydrogen-bond donors (Lipinski definition) is 1. The number of nitrogens with zero attached hydrogens (tertiary/aromatic N) is 2. The number of amides is 1. The van der Waals surface area contributed by atoms with E-state index < -0.39 is 0 Å². The first-order valence-corrected chi connectivity index (χ1v) is 12.1. The van der Waals surface area contributed by atoms with E-state index in [0.29, 0.717) is 12.4 Å². The van der Waals surface area contributed by atoms with Crippen LogP contribution in [0.2, 0.25) is 0 Å². The summed E-state index contributed by atoms with van der Waals surface area (Å²) in [6, 6.07) is 23.5. The average Bonchev–Trinajstić information content (AvgIpc) is 3.21. The van der Waals surface area contributed by atoms with Crippen molar-refractivity contribution in [2.24, 2.45) is 0 Å². The van der Waals surface area contributed by atoms with Crippen molar-refractivity contribution in [3.05, 3.63) is 89.7 Å². The van der Waals surface area contributed by atoms with E-state index in [1.54, 1.807) is 0 Å². The van der Waals surface area contributed by atoms with Gasteiger partial charge in [-0.25, -0.2) is 4.98 Å². The zero-order valence-electron chi connectivity index (χ0n) is 20.7. The molecule has 1 atom stereocenters. The van der Waals surface area contributed by atoms with Crippen LogP contribution in [0.4, 0.5) is 0 Å². The van der Waals surface area contributed by atoms with Gasteiger partial charge in [-0.1, -0.05) is 36.4 Å². The van der Waals surface area contributed by atoms with Gasteiger partial charge in [-0.3, -0.25) is 4.79 Å². The van der Waals surface area contributed by atoms with Crippen molar-refractivity contribution < 1.29 is 14.3 Å². The largest absolute Gasteiger partial charge is 0.494 e. The zero-order chi connectivity index (χ0) is 24.6.